The van der Waals surface area contributed by atoms with E-state index in [1.54, 1.807) is 13.0 Å². The van der Waals surface area contributed by atoms with Crippen LogP contribution in [0.15, 0.2) is 36.0 Å². The van der Waals surface area contributed by atoms with Crippen LogP contribution in [0, 0.1) is 5.92 Å². The number of aliphatic hydroxyl groups excluding tert-OH is 2. The van der Waals surface area contributed by atoms with E-state index in [1.807, 2.05) is 32.9 Å². The average molecular weight is 522 g/mol. The van der Waals surface area contributed by atoms with Crippen molar-refractivity contribution in [2.24, 2.45) is 5.92 Å². The van der Waals surface area contributed by atoms with Crippen LogP contribution in [0.1, 0.15) is 60.8 Å². The summed E-state index contributed by atoms with van der Waals surface area (Å²) in [6.07, 6.45) is 8.86. The van der Waals surface area contributed by atoms with Gasteiger partial charge in [-0.05, 0) is 52.5 Å². The molecule has 0 bridgehead atoms. The van der Waals surface area contributed by atoms with Crippen molar-refractivity contribution in [1.82, 2.24) is 5.32 Å². The van der Waals surface area contributed by atoms with Gasteiger partial charge in [0.05, 0.1) is 37.1 Å². The Labute approximate surface area is 219 Å². The van der Waals surface area contributed by atoms with E-state index in [2.05, 4.69) is 18.3 Å². The van der Waals surface area contributed by atoms with Gasteiger partial charge in [-0.25, -0.2) is 0 Å². The summed E-state index contributed by atoms with van der Waals surface area (Å²) in [5, 5.41) is 23.5. The zero-order valence-corrected chi connectivity index (χ0v) is 22.8. The molecule has 208 valence electrons. The summed E-state index contributed by atoms with van der Waals surface area (Å²) in [7, 11) is 0. The lowest BCUT2D eigenvalue weighted by Crippen LogP contribution is -2.56. The van der Waals surface area contributed by atoms with E-state index in [9.17, 15) is 19.8 Å². The maximum atomic E-state index is 12.3. The Morgan fingerprint density at radius 1 is 1.24 bits per heavy atom. The molecule has 0 radical (unpaired) electrons. The number of hydrogen-bond donors (Lipinski definition) is 3. The molecule has 9 atom stereocenters. The minimum absolute atomic E-state index is 0.0170. The van der Waals surface area contributed by atoms with Crippen LogP contribution in [-0.4, -0.2) is 83.1 Å². The molecule has 9 heteroatoms. The van der Waals surface area contributed by atoms with E-state index in [4.69, 9.17) is 18.9 Å². The predicted octanol–water partition coefficient (Wildman–Crippen LogP) is 2.35. The molecule has 1 spiro atoms. The number of rotatable bonds is 9. The number of nitrogens with one attached hydrogen (secondary N) is 1. The lowest BCUT2D eigenvalue weighted by molar-refractivity contribution is -0.192. The SMILES string of the molecule is CC(=O)O[C@H](C)/C=C\C(=O)N[C@@H]1C[C@H](C)[C@H](C/C=C(C)/C=C/[C@H]2O[C@](C)(CO)C[C@@]3(CO3)[C@@H]2O)O[C@@H]1C. The molecule has 0 aromatic rings. The van der Waals surface area contributed by atoms with Crippen molar-refractivity contribution in [3.63, 3.8) is 0 Å². The molecule has 9 nitrogen and oxygen atoms in total. The van der Waals surface area contributed by atoms with Gasteiger partial charge in [-0.2, -0.15) is 0 Å². The number of hydrogen-bond acceptors (Lipinski definition) is 8. The first-order valence-electron chi connectivity index (χ1n) is 13.1. The standard InChI is InChI=1S/C28H43NO8/c1-17(8-11-24-26(33)28(16-34-28)14-27(6,15-30)37-24)7-10-23-18(2)13-22(20(4)36-23)29-25(32)12-9-19(3)35-21(5)31/h7-9,11-12,18-20,22-24,26,30,33H,10,13-16H2,1-6H3,(H,29,32)/b11-8+,12-9-,17-7+/t18-,19+,20+,22+,23-,24+,26+,27-,28+/m0/s1. The van der Waals surface area contributed by atoms with Crippen LogP contribution in [-0.2, 0) is 28.5 Å². The number of aliphatic hydroxyl groups is 2. The maximum Gasteiger partial charge on any atom is 0.303 e. The van der Waals surface area contributed by atoms with Crippen molar-refractivity contribution in [3.05, 3.63) is 36.0 Å². The van der Waals surface area contributed by atoms with Crippen LogP contribution in [0.5, 0.6) is 0 Å². The Hall–Kier alpha value is -2.04. The molecule has 1 amide bonds. The van der Waals surface area contributed by atoms with Gasteiger partial charge in [0.25, 0.3) is 0 Å². The lowest BCUT2D eigenvalue weighted by atomic mass is 9.82. The van der Waals surface area contributed by atoms with Crippen molar-refractivity contribution in [2.45, 2.75) is 109 Å². The highest BCUT2D eigenvalue weighted by molar-refractivity contribution is 5.87. The lowest BCUT2D eigenvalue weighted by Gasteiger charge is -2.42. The van der Waals surface area contributed by atoms with E-state index in [-0.39, 0.29) is 36.7 Å². The number of ether oxygens (including phenoxy) is 4. The first-order valence-corrected chi connectivity index (χ1v) is 13.1. The fraction of sp³-hybridized carbons (Fsp3) is 0.714. The molecular weight excluding hydrogens is 478 g/mol. The number of epoxide rings is 1. The number of carbonyl (C=O) groups is 2. The summed E-state index contributed by atoms with van der Waals surface area (Å²) >= 11 is 0. The van der Waals surface area contributed by atoms with Crippen LogP contribution < -0.4 is 5.32 Å². The third kappa shape index (κ3) is 7.97. The fourth-order valence-corrected chi connectivity index (χ4v) is 5.16. The summed E-state index contributed by atoms with van der Waals surface area (Å²) in [4.78, 5) is 23.3. The second-order valence-electron chi connectivity index (χ2n) is 11.1. The monoisotopic (exact) mass is 521 g/mol. The van der Waals surface area contributed by atoms with Crippen LogP contribution in [0.3, 0.4) is 0 Å². The fourth-order valence-electron chi connectivity index (χ4n) is 5.16. The van der Waals surface area contributed by atoms with Gasteiger partial charge in [0.2, 0.25) is 5.91 Å². The van der Waals surface area contributed by atoms with Gasteiger partial charge in [-0.15, -0.1) is 0 Å². The summed E-state index contributed by atoms with van der Waals surface area (Å²) in [5.74, 6) is -0.398. The number of carbonyl (C=O) groups excluding carboxylic acids is 2. The first kappa shape index (κ1) is 29.5. The van der Waals surface area contributed by atoms with Gasteiger partial charge in [-0.1, -0.05) is 30.7 Å². The largest absolute Gasteiger partial charge is 0.459 e. The molecule has 3 fully saturated rings. The molecule has 3 aliphatic heterocycles. The molecule has 3 aliphatic rings. The van der Waals surface area contributed by atoms with Crippen LogP contribution in [0.25, 0.3) is 0 Å². The Balaban J connectivity index is 1.50. The first-order chi connectivity index (χ1) is 17.4. The maximum absolute atomic E-state index is 12.3. The molecule has 0 aliphatic carbocycles. The average Bonchev–Trinajstić information content (AvgIpc) is 3.59. The van der Waals surface area contributed by atoms with E-state index < -0.39 is 35.5 Å². The molecule has 0 unspecified atom stereocenters. The molecule has 3 N–H and O–H groups in total. The Morgan fingerprint density at radius 3 is 2.57 bits per heavy atom. The smallest absolute Gasteiger partial charge is 0.303 e. The van der Waals surface area contributed by atoms with Crippen LogP contribution in [0.4, 0.5) is 0 Å². The van der Waals surface area contributed by atoms with Crippen molar-refractivity contribution < 1.29 is 38.7 Å². The highest BCUT2D eigenvalue weighted by Gasteiger charge is 2.61. The third-order valence-corrected chi connectivity index (χ3v) is 7.43. The van der Waals surface area contributed by atoms with Gasteiger partial charge >= 0.3 is 5.97 Å². The quantitative estimate of drug-likeness (QED) is 0.183. The van der Waals surface area contributed by atoms with Crippen molar-refractivity contribution in [2.75, 3.05) is 13.2 Å². The molecule has 0 aromatic heterocycles. The summed E-state index contributed by atoms with van der Waals surface area (Å²) in [6.45, 7) is 11.3. The molecule has 37 heavy (non-hydrogen) atoms. The molecule has 0 aromatic carbocycles. The number of esters is 1. The minimum Gasteiger partial charge on any atom is -0.459 e. The van der Waals surface area contributed by atoms with Crippen molar-refractivity contribution in [3.8, 4) is 0 Å². The van der Waals surface area contributed by atoms with Crippen molar-refractivity contribution in [1.29, 1.82) is 0 Å². The van der Waals surface area contributed by atoms with E-state index in [0.29, 0.717) is 13.0 Å². The molecule has 3 heterocycles. The highest BCUT2D eigenvalue weighted by atomic mass is 16.6. The van der Waals surface area contributed by atoms with Crippen LogP contribution in [0.2, 0.25) is 0 Å². The third-order valence-electron chi connectivity index (χ3n) is 7.43. The summed E-state index contributed by atoms with van der Waals surface area (Å²) in [6, 6.07) is -0.111. The van der Waals surface area contributed by atoms with E-state index in [0.717, 1.165) is 18.4 Å². The minimum atomic E-state index is -0.773. The summed E-state index contributed by atoms with van der Waals surface area (Å²) in [5.41, 5.74) is -0.345. The summed E-state index contributed by atoms with van der Waals surface area (Å²) < 4.78 is 22.8. The Bertz CT molecular complexity index is 910. The molecule has 0 saturated carbocycles. The van der Waals surface area contributed by atoms with Crippen LogP contribution >= 0.6 is 0 Å². The second-order valence-corrected chi connectivity index (χ2v) is 11.1. The predicted molar refractivity (Wildman–Crippen MR) is 138 cm³/mol. The second kappa shape index (κ2) is 12.2. The van der Waals surface area contributed by atoms with Gasteiger partial charge in [0.1, 0.15) is 23.9 Å². The van der Waals surface area contributed by atoms with Gasteiger partial charge in [-0.3, -0.25) is 9.59 Å². The van der Waals surface area contributed by atoms with Crippen molar-refractivity contribution >= 4 is 11.9 Å². The molecule has 3 saturated heterocycles. The topological polar surface area (TPSA) is 127 Å². The Morgan fingerprint density at radius 2 is 1.95 bits per heavy atom. The number of allylic oxidation sites excluding steroid dienone is 2. The van der Waals surface area contributed by atoms with Gasteiger partial charge in [0, 0.05) is 19.4 Å². The molecule has 3 rings (SSSR count). The zero-order valence-electron chi connectivity index (χ0n) is 22.8. The van der Waals surface area contributed by atoms with E-state index in [1.165, 1.54) is 13.0 Å². The van der Waals surface area contributed by atoms with E-state index >= 15 is 0 Å². The van der Waals surface area contributed by atoms with Gasteiger partial charge < -0.3 is 34.5 Å². The zero-order chi connectivity index (χ0) is 27.4. The number of amides is 1. The molecular formula is C28H43NO8. The van der Waals surface area contributed by atoms with Gasteiger partial charge in [0.15, 0.2) is 0 Å². The normalized spacial score (nSPS) is 39.2. The Kier molecular flexibility index (Phi) is 9.74. The highest BCUT2D eigenvalue weighted by Crippen LogP contribution is 2.46.